The minimum absolute atomic E-state index is 0.0750. The van der Waals surface area contributed by atoms with Gasteiger partial charge in [0, 0.05) is 31.1 Å². The van der Waals surface area contributed by atoms with E-state index >= 15 is 0 Å². The number of nitrogens with zero attached hydrogens (tertiary/aromatic N) is 2. The molecular weight excluding hydrogens is 380 g/mol. The highest BCUT2D eigenvalue weighted by Crippen LogP contribution is 2.16. The predicted molar refractivity (Wildman–Crippen MR) is 103 cm³/mol. The summed E-state index contributed by atoms with van der Waals surface area (Å²) in [6.45, 7) is 2.10. The molecule has 1 heterocycles. The lowest BCUT2D eigenvalue weighted by molar-refractivity contribution is 0.0963. The minimum Gasteiger partial charge on any atom is -0.355 e. The number of aryl methyl sites for hydroxylation is 1. The molecule has 0 aliphatic carbocycles. The van der Waals surface area contributed by atoms with Crippen LogP contribution in [-0.2, 0) is 16.4 Å². The van der Waals surface area contributed by atoms with Crippen LogP contribution in [0.25, 0.3) is 11.4 Å². The first kappa shape index (κ1) is 19.7. The van der Waals surface area contributed by atoms with Crippen molar-refractivity contribution < 1.29 is 17.7 Å². The Morgan fingerprint density at radius 2 is 1.75 bits per heavy atom. The van der Waals surface area contributed by atoms with E-state index in [2.05, 4.69) is 20.2 Å². The molecule has 2 N–H and O–H groups in total. The van der Waals surface area contributed by atoms with Crippen LogP contribution in [0, 0.1) is 6.92 Å². The lowest BCUT2D eigenvalue weighted by atomic mass is 10.1. The van der Waals surface area contributed by atoms with Gasteiger partial charge in [-0.3, -0.25) is 4.79 Å². The maximum absolute atomic E-state index is 12.4. The highest BCUT2D eigenvalue weighted by atomic mass is 32.2. The van der Waals surface area contributed by atoms with Crippen LogP contribution in [0.2, 0.25) is 0 Å². The number of benzene rings is 2. The number of carbonyl (C=O) groups is 1. The number of carbonyl (C=O) groups excluding carboxylic acids is 1. The Morgan fingerprint density at radius 3 is 2.39 bits per heavy atom. The molecule has 0 radical (unpaired) electrons. The lowest BCUT2D eigenvalue weighted by Gasteiger charge is -2.06. The molecule has 0 fully saturated rings. The summed E-state index contributed by atoms with van der Waals surface area (Å²) in [7, 11) is -2.19. The van der Waals surface area contributed by atoms with Gasteiger partial charge in [-0.25, -0.2) is 13.1 Å². The van der Waals surface area contributed by atoms with Gasteiger partial charge in [0.15, 0.2) is 0 Å². The molecule has 0 saturated carbocycles. The van der Waals surface area contributed by atoms with E-state index in [1.807, 2.05) is 31.2 Å². The second-order valence-electron chi connectivity index (χ2n) is 6.13. The Hall–Kier alpha value is -3.04. The number of amides is 1. The van der Waals surface area contributed by atoms with Crippen molar-refractivity contribution in [3.8, 4) is 11.4 Å². The summed E-state index contributed by atoms with van der Waals surface area (Å²) in [6, 6.07) is 13.4. The van der Waals surface area contributed by atoms with E-state index < -0.39 is 10.0 Å². The standard InChI is InChI=1S/C19H20N4O4S/c1-13-3-5-14(6-4-13)18-22-17(27-23-18)11-12-21-28(25,26)16-9-7-15(8-10-16)19(24)20-2/h3-10,21H,11-12H2,1-2H3,(H,20,24). The van der Waals surface area contributed by atoms with Crippen molar-refractivity contribution in [2.24, 2.45) is 0 Å². The maximum Gasteiger partial charge on any atom is 0.251 e. The summed E-state index contributed by atoms with van der Waals surface area (Å²) in [6.07, 6.45) is 0.258. The van der Waals surface area contributed by atoms with Crippen LogP contribution in [0.5, 0.6) is 0 Å². The highest BCUT2D eigenvalue weighted by molar-refractivity contribution is 7.89. The van der Waals surface area contributed by atoms with Crippen LogP contribution in [0.4, 0.5) is 0 Å². The average molecular weight is 400 g/mol. The summed E-state index contributed by atoms with van der Waals surface area (Å²) in [5, 5.41) is 6.40. The van der Waals surface area contributed by atoms with Crippen molar-refractivity contribution in [2.45, 2.75) is 18.2 Å². The fraction of sp³-hybridized carbons (Fsp3) is 0.211. The molecule has 1 amide bonds. The molecule has 0 aliphatic rings. The summed E-state index contributed by atoms with van der Waals surface area (Å²) in [5.41, 5.74) is 2.35. The number of aromatic nitrogens is 2. The Labute approximate surface area is 163 Å². The van der Waals surface area contributed by atoms with Crippen LogP contribution >= 0.6 is 0 Å². The molecule has 2 aromatic carbocycles. The van der Waals surface area contributed by atoms with Gasteiger partial charge in [-0.1, -0.05) is 35.0 Å². The summed E-state index contributed by atoms with van der Waals surface area (Å²) < 4.78 is 32.4. The molecule has 0 bridgehead atoms. The Bertz CT molecular complexity index is 1060. The second-order valence-corrected chi connectivity index (χ2v) is 7.90. The van der Waals surface area contributed by atoms with E-state index in [0.29, 0.717) is 17.3 Å². The van der Waals surface area contributed by atoms with Gasteiger partial charge in [-0.15, -0.1) is 0 Å². The van der Waals surface area contributed by atoms with E-state index in [9.17, 15) is 13.2 Å². The Morgan fingerprint density at radius 1 is 1.07 bits per heavy atom. The van der Waals surface area contributed by atoms with Crippen molar-refractivity contribution in [1.29, 1.82) is 0 Å². The van der Waals surface area contributed by atoms with Crippen molar-refractivity contribution in [3.63, 3.8) is 0 Å². The number of sulfonamides is 1. The van der Waals surface area contributed by atoms with Gasteiger partial charge >= 0.3 is 0 Å². The van der Waals surface area contributed by atoms with E-state index in [0.717, 1.165) is 11.1 Å². The molecule has 1 aromatic heterocycles. The SMILES string of the molecule is CNC(=O)c1ccc(S(=O)(=O)NCCc2nc(-c3ccc(C)cc3)no2)cc1. The van der Waals surface area contributed by atoms with Gasteiger partial charge in [0.05, 0.1) is 4.90 Å². The summed E-state index contributed by atoms with van der Waals surface area (Å²) in [4.78, 5) is 15.9. The molecule has 9 heteroatoms. The minimum atomic E-state index is -3.70. The van der Waals surface area contributed by atoms with Crippen molar-refractivity contribution in [2.75, 3.05) is 13.6 Å². The molecule has 0 saturated heterocycles. The van der Waals surface area contributed by atoms with E-state index in [4.69, 9.17) is 4.52 Å². The van der Waals surface area contributed by atoms with Crippen LogP contribution in [0.15, 0.2) is 57.9 Å². The molecule has 3 rings (SSSR count). The number of rotatable bonds is 7. The average Bonchev–Trinajstić information content (AvgIpc) is 3.16. The molecule has 146 valence electrons. The summed E-state index contributed by atoms with van der Waals surface area (Å²) in [5.74, 6) is 0.522. The molecule has 28 heavy (non-hydrogen) atoms. The predicted octanol–water partition coefficient (Wildman–Crippen LogP) is 1.93. The third kappa shape index (κ3) is 4.62. The van der Waals surface area contributed by atoms with Crippen LogP contribution < -0.4 is 10.0 Å². The Balaban J connectivity index is 1.59. The zero-order chi connectivity index (χ0) is 20.1. The zero-order valence-corrected chi connectivity index (χ0v) is 16.3. The van der Waals surface area contributed by atoms with Crippen LogP contribution in [-0.4, -0.2) is 38.1 Å². The van der Waals surface area contributed by atoms with Gasteiger partial charge in [0.25, 0.3) is 5.91 Å². The van der Waals surface area contributed by atoms with Crippen LogP contribution in [0.1, 0.15) is 21.8 Å². The molecule has 8 nitrogen and oxygen atoms in total. The molecule has 0 aliphatic heterocycles. The first-order chi connectivity index (χ1) is 13.4. The number of hydrogen-bond donors (Lipinski definition) is 2. The molecule has 3 aromatic rings. The largest absolute Gasteiger partial charge is 0.355 e. The molecular formula is C19H20N4O4S. The molecule has 0 spiro atoms. The number of hydrogen-bond acceptors (Lipinski definition) is 6. The van der Waals surface area contributed by atoms with Gasteiger partial charge < -0.3 is 9.84 Å². The smallest absolute Gasteiger partial charge is 0.251 e. The van der Waals surface area contributed by atoms with E-state index in [-0.39, 0.29) is 23.8 Å². The van der Waals surface area contributed by atoms with Gasteiger partial charge in [-0.2, -0.15) is 4.98 Å². The third-order valence-electron chi connectivity index (χ3n) is 4.06. The fourth-order valence-corrected chi connectivity index (χ4v) is 3.51. The van der Waals surface area contributed by atoms with Crippen molar-refractivity contribution in [1.82, 2.24) is 20.2 Å². The van der Waals surface area contributed by atoms with Crippen molar-refractivity contribution in [3.05, 3.63) is 65.5 Å². The first-order valence-corrected chi connectivity index (χ1v) is 10.1. The van der Waals surface area contributed by atoms with Gasteiger partial charge in [-0.05, 0) is 31.2 Å². The highest BCUT2D eigenvalue weighted by Gasteiger charge is 2.15. The number of nitrogens with one attached hydrogen (secondary N) is 2. The normalized spacial score (nSPS) is 11.4. The zero-order valence-electron chi connectivity index (χ0n) is 15.5. The van der Waals surface area contributed by atoms with Crippen LogP contribution in [0.3, 0.4) is 0 Å². The van der Waals surface area contributed by atoms with Gasteiger partial charge in [0.1, 0.15) is 0 Å². The third-order valence-corrected chi connectivity index (χ3v) is 5.54. The lowest BCUT2D eigenvalue weighted by Crippen LogP contribution is -2.26. The Kier molecular flexibility index (Phi) is 5.86. The fourth-order valence-electron chi connectivity index (χ4n) is 2.48. The second kappa shape index (κ2) is 8.32. The summed E-state index contributed by atoms with van der Waals surface area (Å²) >= 11 is 0. The molecule has 0 unspecified atom stereocenters. The maximum atomic E-state index is 12.4. The van der Waals surface area contributed by atoms with E-state index in [1.165, 1.54) is 31.3 Å². The first-order valence-electron chi connectivity index (χ1n) is 8.60. The monoisotopic (exact) mass is 400 g/mol. The van der Waals surface area contributed by atoms with Gasteiger partial charge in [0.2, 0.25) is 21.7 Å². The van der Waals surface area contributed by atoms with E-state index in [1.54, 1.807) is 0 Å². The quantitative estimate of drug-likeness (QED) is 0.626. The topological polar surface area (TPSA) is 114 Å². The van der Waals surface area contributed by atoms with Crippen molar-refractivity contribution >= 4 is 15.9 Å². The molecule has 0 atom stereocenters.